The smallest absolute Gasteiger partial charge is 0.249 e. The molecule has 0 saturated carbocycles. The van der Waals surface area contributed by atoms with Crippen LogP contribution in [0.4, 0.5) is 10.2 Å². The van der Waals surface area contributed by atoms with E-state index in [2.05, 4.69) is 10.4 Å². The van der Waals surface area contributed by atoms with Gasteiger partial charge in [0, 0.05) is 12.3 Å². The van der Waals surface area contributed by atoms with Gasteiger partial charge >= 0.3 is 0 Å². The van der Waals surface area contributed by atoms with Crippen molar-refractivity contribution in [3.8, 4) is 5.75 Å². The Morgan fingerprint density at radius 3 is 2.59 bits per heavy atom. The summed E-state index contributed by atoms with van der Waals surface area (Å²) in [6.07, 6.45) is 4.68. The highest BCUT2D eigenvalue weighted by Gasteiger charge is 2.09. The Morgan fingerprint density at radius 1 is 1.22 bits per heavy atom. The van der Waals surface area contributed by atoms with Gasteiger partial charge in [0.2, 0.25) is 5.91 Å². The molecule has 1 N–H and O–H groups in total. The number of anilines is 1. The fourth-order valence-corrected chi connectivity index (χ4v) is 2.58. The van der Waals surface area contributed by atoms with E-state index in [1.54, 1.807) is 36.2 Å². The number of ether oxygens (including phenoxy) is 1. The van der Waals surface area contributed by atoms with Gasteiger partial charge in [0.1, 0.15) is 16.6 Å². The highest BCUT2D eigenvalue weighted by Crippen LogP contribution is 2.20. The first-order valence-electron chi connectivity index (χ1n) is 8.14. The molecule has 1 amide bonds. The molecule has 138 valence electrons. The number of halogens is 2. The molecule has 1 aromatic heterocycles. The summed E-state index contributed by atoms with van der Waals surface area (Å²) in [5.74, 6) is 0.367. The van der Waals surface area contributed by atoms with Crippen LogP contribution in [0, 0.1) is 5.82 Å². The lowest BCUT2D eigenvalue weighted by Crippen LogP contribution is -2.09. The maximum atomic E-state index is 13.0. The summed E-state index contributed by atoms with van der Waals surface area (Å²) in [5, 5.41) is 7.22. The lowest BCUT2D eigenvalue weighted by atomic mass is 10.2. The number of amides is 1. The summed E-state index contributed by atoms with van der Waals surface area (Å²) >= 11 is 6.13. The van der Waals surface area contributed by atoms with Gasteiger partial charge in [-0.05, 0) is 41.5 Å². The van der Waals surface area contributed by atoms with Crippen molar-refractivity contribution in [2.45, 2.75) is 6.54 Å². The molecule has 0 radical (unpaired) electrons. The van der Waals surface area contributed by atoms with Gasteiger partial charge in [-0.2, -0.15) is 5.10 Å². The number of nitrogens with zero attached hydrogens (tertiary/aromatic N) is 2. The Hall–Kier alpha value is -3.12. The molecule has 0 atom stereocenters. The Morgan fingerprint density at radius 2 is 1.93 bits per heavy atom. The van der Waals surface area contributed by atoms with Gasteiger partial charge < -0.3 is 10.1 Å². The number of benzene rings is 2. The second kappa shape index (κ2) is 8.51. The number of rotatable bonds is 6. The van der Waals surface area contributed by atoms with E-state index >= 15 is 0 Å². The van der Waals surface area contributed by atoms with E-state index < -0.39 is 0 Å². The second-order valence-corrected chi connectivity index (χ2v) is 6.15. The van der Waals surface area contributed by atoms with Crippen LogP contribution in [0.25, 0.3) is 6.08 Å². The van der Waals surface area contributed by atoms with E-state index in [-0.39, 0.29) is 17.5 Å². The zero-order valence-corrected chi connectivity index (χ0v) is 15.3. The van der Waals surface area contributed by atoms with Crippen molar-refractivity contribution < 1.29 is 13.9 Å². The minimum Gasteiger partial charge on any atom is -0.497 e. The standard InChI is InChI=1S/C20H17ClFN3O2/c1-27-17-9-4-14(5-10-17)6-11-19(26)23-20-18(21)13-25(24-20)12-15-2-7-16(22)8-3-15/h2-11,13H,12H2,1H3,(H,23,24,26)/b11-6+. The third kappa shape index (κ3) is 5.18. The molecule has 0 spiro atoms. The molecule has 1 heterocycles. The normalized spacial score (nSPS) is 10.9. The minimum absolute atomic E-state index is 0.267. The van der Waals surface area contributed by atoms with Gasteiger partial charge in [0.05, 0.1) is 13.7 Å². The SMILES string of the molecule is COc1ccc(/C=C/C(=O)Nc2nn(Cc3ccc(F)cc3)cc2Cl)cc1. The molecule has 0 bridgehead atoms. The number of hydrogen-bond donors (Lipinski definition) is 1. The predicted molar refractivity (Wildman–Crippen MR) is 103 cm³/mol. The van der Waals surface area contributed by atoms with Crippen molar-refractivity contribution in [1.29, 1.82) is 0 Å². The van der Waals surface area contributed by atoms with Crippen LogP contribution < -0.4 is 10.1 Å². The molecule has 0 saturated heterocycles. The first-order valence-corrected chi connectivity index (χ1v) is 8.52. The molecule has 3 aromatic rings. The zero-order valence-electron chi connectivity index (χ0n) is 14.5. The van der Waals surface area contributed by atoms with Crippen molar-refractivity contribution in [2.24, 2.45) is 0 Å². The quantitative estimate of drug-likeness (QED) is 0.640. The average molecular weight is 386 g/mol. The monoisotopic (exact) mass is 385 g/mol. The summed E-state index contributed by atoms with van der Waals surface area (Å²) in [4.78, 5) is 12.1. The molecule has 0 unspecified atom stereocenters. The van der Waals surface area contributed by atoms with Crippen LogP contribution in [0.15, 0.2) is 60.8 Å². The van der Waals surface area contributed by atoms with Crippen LogP contribution in [0.3, 0.4) is 0 Å². The third-order valence-corrected chi connectivity index (χ3v) is 4.04. The van der Waals surface area contributed by atoms with E-state index in [1.807, 2.05) is 24.3 Å². The van der Waals surface area contributed by atoms with E-state index in [4.69, 9.17) is 16.3 Å². The average Bonchev–Trinajstić information content (AvgIpc) is 3.01. The van der Waals surface area contributed by atoms with E-state index in [0.717, 1.165) is 16.9 Å². The van der Waals surface area contributed by atoms with E-state index in [1.165, 1.54) is 18.2 Å². The number of carbonyl (C=O) groups excluding carboxylic acids is 1. The summed E-state index contributed by atoms with van der Waals surface area (Å²) in [5.41, 5.74) is 1.73. The third-order valence-electron chi connectivity index (χ3n) is 3.76. The lowest BCUT2D eigenvalue weighted by molar-refractivity contribution is -0.111. The maximum absolute atomic E-state index is 13.0. The Kier molecular flexibility index (Phi) is 5.88. The van der Waals surface area contributed by atoms with Crippen LogP contribution in [-0.2, 0) is 11.3 Å². The summed E-state index contributed by atoms with van der Waals surface area (Å²) in [7, 11) is 1.59. The van der Waals surface area contributed by atoms with Crippen molar-refractivity contribution in [1.82, 2.24) is 9.78 Å². The van der Waals surface area contributed by atoms with Crippen molar-refractivity contribution in [3.05, 3.63) is 82.8 Å². The highest BCUT2D eigenvalue weighted by molar-refractivity contribution is 6.33. The van der Waals surface area contributed by atoms with Gasteiger partial charge in [-0.1, -0.05) is 35.9 Å². The van der Waals surface area contributed by atoms with Crippen molar-refractivity contribution in [2.75, 3.05) is 12.4 Å². The molecule has 3 rings (SSSR count). The lowest BCUT2D eigenvalue weighted by Gasteiger charge is -2.02. The van der Waals surface area contributed by atoms with Crippen LogP contribution in [0.2, 0.25) is 5.02 Å². The number of carbonyl (C=O) groups is 1. The molecule has 27 heavy (non-hydrogen) atoms. The minimum atomic E-state index is -0.347. The van der Waals surface area contributed by atoms with Crippen molar-refractivity contribution in [3.63, 3.8) is 0 Å². The summed E-state index contributed by atoms with van der Waals surface area (Å²) in [6, 6.07) is 13.4. The summed E-state index contributed by atoms with van der Waals surface area (Å²) in [6.45, 7) is 0.414. The van der Waals surface area contributed by atoms with Crippen LogP contribution in [0.1, 0.15) is 11.1 Å². The fraction of sp³-hybridized carbons (Fsp3) is 0.100. The number of methoxy groups -OCH3 is 1. The van der Waals surface area contributed by atoms with Crippen molar-refractivity contribution >= 4 is 29.4 Å². The van der Waals surface area contributed by atoms with Gasteiger partial charge in [0.15, 0.2) is 5.82 Å². The second-order valence-electron chi connectivity index (χ2n) is 5.75. The van der Waals surface area contributed by atoms with Crippen LogP contribution >= 0.6 is 11.6 Å². The zero-order chi connectivity index (χ0) is 19.2. The summed E-state index contributed by atoms with van der Waals surface area (Å²) < 4.78 is 19.6. The number of hydrogen-bond acceptors (Lipinski definition) is 3. The molecule has 5 nitrogen and oxygen atoms in total. The molecule has 0 aliphatic carbocycles. The van der Waals surface area contributed by atoms with Crippen LogP contribution in [-0.4, -0.2) is 22.8 Å². The molecular formula is C20H17ClFN3O2. The van der Waals surface area contributed by atoms with Crippen LogP contribution in [0.5, 0.6) is 5.75 Å². The van der Waals surface area contributed by atoms with E-state index in [9.17, 15) is 9.18 Å². The predicted octanol–water partition coefficient (Wildman–Crippen LogP) is 4.38. The Balaban J connectivity index is 1.62. The molecule has 0 aliphatic rings. The number of aromatic nitrogens is 2. The highest BCUT2D eigenvalue weighted by atomic mass is 35.5. The Bertz CT molecular complexity index is 950. The number of nitrogens with one attached hydrogen (secondary N) is 1. The van der Waals surface area contributed by atoms with Gasteiger partial charge in [0.25, 0.3) is 0 Å². The largest absolute Gasteiger partial charge is 0.497 e. The van der Waals surface area contributed by atoms with Gasteiger partial charge in [-0.15, -0.1) is 0 Å². The molecule has 7 heteroatoms. The maximum Gasteiger partial charge on any atom is 0.249 e. The molecule has 0 fully saturated rings. The topological polar surface area (TPSA) is 56.1 Å². The first kappa shape index (κ1) is 18.7. The molecule has 0 aliphatic heterocycles. The van der Waals surface area contributed by atoms with Gasteiger partial charge in [-0.3, -0.25) is 9.48 Å². The fourth-order valence-electron chi connectivity index (χ4n) is 2.38. The molecular weight excluding hydrogens is 369 g/mol. The first-order chi connectivity index (χ1) is 13.0. The van der Waals surface area contributed by atoms with E-state index in [0.29, 0.717) is 11.6 Å². The van der Waals surface area contributed by atoms with Gasteiger partial charge in [-0.25, -0.2) is 4.39 Å². The Labute approximate surface area is 161 Å². The molecule has 2 aromatic carbocycles.